The normalized spacial score (nSPS) is 11.9. The Morgan fingerprint density at radius 3 is 2.24 bits per heavy atom. The summed E-state index contributed by atoms with van der Waals surface area (Å²) in [5.41, 5.74) is 7.91. The van der Waals surface area contributed by atoms with Gasteiger partial charge in [-0.2, -0.15) is 0 Å². The molecule has 0 amide bonds. The number of carboxylic acids is 2. The maximum atomic E-state index is 11.3. The van der Waals surface area contributed by atoms with Gasteiger partial charge < -0.3 is 15.9 Å². The summed E-state index contributed by atoms with van der Waals surface area (Å²) in [6.45, 7) is 1.84. The van der Waals surface area contributed by atoms with E-state index >= 15 is 0 Å². The maximum absolute atomic E-state index is 11.3. The lowest BCUT2D eigenvalue weighted by Gasteiger charge is -2.17. The van der Waals surface area contributed by atoms with Crippen LogP contribution in [-0.4, -0.2) is 22.2 Å². The van der Waals surface area contributed by atoms with Crippen molar-refractivity contribution in [3.05, 3.63) is 64.7 Å². The molecule has 1 unspecified atom stereocenters. The number of aromatic carboxylic acids is 2. The van der Waals surface area contributed by atoms with E-state index < -0.39 is 11.9 Å². The van der Waals surface area contributed by atoms with Crippen molar-refractivity contribution in [3.63, 3.8) is 0 Å². The van der Waals surface area contributed by atoms with Crippen molar-refractivity contribution in [1.82, 2.24) is 0 Å². The van der Waals surface area contributed by atoms with E-state index in [2.05, 4.69) is 0 Å². The molecule has 0 bridgehead atoms. The van der Waals surface area contributed by atoms with Gasteiger partial charge in [-0.25, -0.2) is 9.59 Å². The first-order valence-corrected chi connectivity index (χ1v) is 6.36. The number of benzene rings is 2. The molecule has 1 atom stereocenters. The fourth-order valence-corrected chi connectivity index (χ4v) is 2.34. The monoisotopic (exact) mass is 285 g/mol. The molecule has 0 aliphatic heterocycles. The van der Waals surface area contributed by atoms with Crippen LogP contribution in [0, 0.1) is 0 Å². The Balaban J connectivity index is 2.48. The molecule has 0 saturated heterocycles. The average molecular weight is 285 g/mol. The van der Waals surface area contributed by atoms with Gasteiger partial charge in [0.2, 0.25) is 0 Å². The van der Waals surface area contributed by atoms with Crippen LogP contribution in [0.4, 0.5) is 5.69 Å². The number of carboxylic acid groups (broad SMARTS) is 2. The van der Waals surface area contributed by atoms with E-state index in [0.29, 0.717) is 16.8 Å². The van der Waals surface area contributed by atoms with Crippen molar-refractivity contribution in [1.29, 1.82) is 0 Å². The minimum atomic E-state index is -1.05. The molecule has 0 spiro atoms. The Bertz CT molecular complexity index is 709. The second-order valence-corrected chi connectivity index (χ2v) is 4.76. The molecule has 0 aromatic heterocycles. The molecule has 0 aliphatic rings. The summed E-state index contributed by atoms with van der Waals surface area (Å²) >= 11 is 0. The summed E-state index contributed by atoms with van der Waals surface area (Å²) in [6.07, 6.45) is 0. The van der Waals surface area contributed by atoms with Gasteiger partial charge in [-0.3, -0.25) is 0 Å². The van der Waals surface area contributed by atoms with Crippen LogP contribution in [0.5, 0.6) is 0 Å². The molecule has 2 aromatic carbocycles. The van der Waals surface area contributed by atoms with Crippen LogP contribution in [-0.2, 0) is 0 Å². The van der Waals surface area contributed by atoms with Crippen LogP contribution in [0.1, 0.15) is 44.7 Å². The first-order chi connectivity index (χ1) is 9.91. The summed E-state index contributed by atoms with van der Waals surface area (Å²) in [5.74, 6) is -2.30. The number of rotatable bonds is 4. The van der Waals surface area contributed by atoms with Gasteiger partial charge in [-0.1, -0.05) is 31.2 Å². The molecule has 0 aliphatic carbocycles. The summed E-state index contributed by atoms with van der Waals surface area (Å²) in [5, 5.41) is 18.2. The van der Waals surface area contributed by atoms with Crippen LogP contribution >= 0.6 is 0 Å². The van der Waals surface area contributed by atoms with Gasteiger partial charge in [0.15, 0.2) is 0 Å². The molecule has 0 heterocycles. The van der Waals surface area contributed by atoms with E-state index in [0.717, 1.165) is 0 Å². The van der Waals surface area contributed by atoms with Crippen molar-refractivity contribution in [2.75, 3.05) is 5.73 Å². The number of anilines is 1. The van der Waals surface area contributed by atoms with Crippen molar-refractivity contribution in [2.45, 2.75) is 12.8 Å². The number of hydrogen-bond acceptors (Lipinski definition) is 3. The number of hydrogen-bond donors (Lipinski definition) is 3. The summed E-state index contributed by atoms with van der Waals surface area (Å²) < 4.78 is 0. The van der Waals surface area contributed by atoms with Gasteiger partial charge in [0.05, 0.1) is 11.1 Å². The van der Waals surface area contributed by atoms with E-state index in [1.165, 1.54) is 18.2 Å². The smallest absolute Gasteiger partial charge is 0.335 e. The second-order valence-electron chi connectivity index (χ2n) is 4.76. The number of nitrogen functional groups attached to an aromatic ring is 1. The molecule has 0 saturated carbocycles. The van der Waals surface area contributed by atoms with E-state index in [4.69, 9.17) is 10.8 Å². The zero-order chi connectivity index (χ0) is 15.6. The van der Waals surface area contributed by atoms with E-state index in [1.807, 2.05) is 6.92 Å². The highest BCUT2D eigenvalue weighted by atomic mass is 16.4. The Morgan fingerprint density at radius 1 is 1.00 bits per heavy atom. The molecule has 5 nitrogen and oxygen atoms in total. The van der Waals surface area contributed by atoms with Gasteiger partial charge >= 0.3 is 11.9 Å². The summed E-state index contributed by atoms with van der Waals surface area (Å²) in [6, 6.07) is 11.2. The van der Waals surface area contributed by atoms with Crippen LogP contribution in [0.15, 0.2) is 42.5 Å². The van der Waals surface area contributed by atoms with Gasteiger partial charge in [0.1, 0.15) is 0 Å². The first-order valence-electron chi connectivity index (χ1n) is 6.36. The second kappa shape index (κ2) is 5.66. The van der Waals surface area contributed by atoms with E-state index in [1.54, 1.807) is 24.3 Å². The molecule has 5 heteroatoms. The standard InChI is InChI=1S/C16H15NO4/c1-9(11-4-2-3-5-13(11)16(20)21)12-7-6-10(15(18)19)8-14(12)17/h2-9H,17H2,1H3,(H,18,19)(H,20,21). The van der Waals surface area contributed by atoms with Crippen molar-refractivity contribution < 1.29 is 19.8 Å². The Morgan fingerprint density at radius 2 is 1.67 bits per heavy atom. The third kappa shape index (κ3) is 2.86. The predicted octanol–water partition coefficient (Wildman–Crippen LogP) is 2.82. The molecule has 4 N–H and O–H groups in total. The van der Waals surface area contributed by atoms with Gasteiger partial charge in [-0.05, 0) is 29.3 Å². The quantitative estimate of drug-likeness (QED) is 0.750. The van der Waals surface area contributed by atoms with Gasteiger partial charge in [0, 0.05) is 11.6 Å². The molecular formula is C16H15NO4. The van der Waals surface area contributed by atoms with Crippen molar-refractivity contribution in [2.24, 2.45) is 0 Å². The lowest BCUT2D eigenvalue weighted by atomic mass is 9.88. The highest BCUT2D eigenvalue weighted by Gasteiger charge is 2.19. The molecule has 108 valence electrons. The van der Waals surface area contributed by atoms with Crippen LogP contribution in [0.2, 0.25) is 0 Å². The third-order valence-electron chi connectivity index (χ3n) is 3.46. The Labute approximate surface area is 121 Å². The first kappa shape index (κ1) is 14.6. The van der Waals surface area contributed by atoms with Crippen LogP contribution in [0.3, 0.4) is 0 Å². The lowest BCUT2D eigenvalue weighted by molar-refractivity contribution is 0.0685. The molecule has 0 radical (unpaired) electrons. The largest absolute Gasteiger partial charge is 0.478 e. The SMILES string of the molecule is CC(c1ccc(C(=O)O)cc1N)c1ccccc1C(=O)O. The van der Waals surface area contributed by atoms with Gasteiger partial charge in [0.25, 0.3) is 0 Å². The van der Waals surface area contributed by atoms with Gasteiger partial charge in [-0.15, -0.1) is 0 Å². The third-order valence-corrected chi connectivity index (χ3v) is 3.46. The minimum absolute atomic E-state index is 0.106. The molecule has 21 heavy (non-hydrogen) atoms. The number of nitrogens with two attached hydrogens (primary N) is 1. The minimum Gasteiger partial charge on any atom is -0.478 e. The van der Waals surface area contributed by atoms with E-state index in [9.17, 15) is 14.7 Å². The zero-order valence-electron chi connectivity index (χ0n) is 11.4. The predicted molar refractivity (Wildman–Crippen MR) is 78.7 cm³/mol. The van der Waals surface area contributed by atoms with Crippen molar-refractivity contribution in [3.8, 4) is 0 Å². The molecule has 2 aromatic rings. The molecule has 2 rings (SSSR count). The Kier molecular flexibility index (Phi) is 3.93. The average Bonchev–Trinajstić information content (AvgIpc) is 2.46. The molecule has 0 fully saturated rings. The summed E-state index contributed by atoms with van der Waals surface area (Å²) in [4.78, 5) is 22.2. The number of carbonyl (C=O) groups is 2. The lowest BCUT2D eigenvalue weighted by Crippen LogP contribution is -2.09. The summed E-state index contributed by atoms with van der Waals surface area (Å²) in [7, 11) is 0. The fourth-order valence-electron chi connectivity index (χ4n) is 2.34. The fraction of sp³-hybridized carbons (Fsp3) is 0.125. The molecular weight excluding hydrogens is 270 g/mol. The topological polar surface area (TPSA) is 101 Å². The maximum Gasteiger partial charge on any atom is 0.335 e. The van der Waals surface area contributed by atoms with E-state index in [-0.39, 0.29) is 17.0 Å². The highest BCUT2D eigenvalue weighted by molar-refractivity contribution is 5.90. The van der Waals surface area contributed by atoms with Crippen LogP contribution < -0.4 is 5.73 Å². The highest BCUT2D eigenvalue weighted by Crippen LogP contribution is 2.31. The van der Waals surface area contributed by atoms with Crippen molar-refractivity contribution >= 4 is 17.6 Å². The van der Waals surface area contributed by atoms with Crippen LogP contribution in [0.25, 0.3) is 0 Å². The zero-order valence-corrected chi connectivity index (χ0v) is 11.4. The Hall–Kier alpha value is -2.82.